The highest BCUT2D eigenvalue weighted by Gasteiger charge is 2.35. The fraction of sp³-hybridized carbons (Fsp3) is 0.118. The molecule has 0 N–H and O–H groups in total. The zero-order valence-corrected chi connectivity index (χ0v) is 12.2. The Hall–Kier alpha value is -2.76. The van der Waals surface area contributed by atoms with Crippen molar-refractivity contribution in [2.45, 2.75) is 13.2 Å². The average molecular weight is 318 g/mol. The van der Waals surface area contributed by atoms with Gasteiger partial charge in [0.25, 0.3) is 0 Å². The molecule has 0 aliphatic rings. The molecule has 3 rings (SSSR count). The Morgan fingerprint density at radius 2 is 1.52 bits per heavy atom. The standard InChI is InChI=1S/C17H13F3N2O/c1-12-7-9-13(10-8-12)15-11-21(17(18,19)20)16(23)22(15)14-5-3-2-4-6-14/h2-11H,1H3. The second kappa shape index (κ2) is 5.46. The number of imidazole rings is 1. The molecular weight excluding hydrogens is 305 g/mol. The van der Waals surface area contributed by atoms with E-state index in [0.29, 0.717) is 11.3 Å². The van der Waals surface area contributed by atoms with Gasteiger partial charge in [-0.3, -0.25) is 4.57 Å². The van der Waals surface area contributed by atoms with E-state index < -0.39 is 12.0 Å². The SMILES string of the molecule is Cc1ccc(-c2cn(C(F)(F)F)c(=O)n2-c2ccccc2)cc1. The average Bonchev–Trinajstić information content (AvgIpc) is 2.86. The Morgan fingerprint density at radius 3 is 2.09 bits per heavy atom. The lowest BCUT2D eigenvalue weighted by Gasteiger charge is -2.07. The van der Waals surface area contributed by atoms with E-state index in [9.17, 15) is 18.0 Å². The Labute approximate surface area is 130 Å². The van der Waals surface area contributed by atoms with Crippen LogP contribution in [0.25, 0.3) is 16.9 Å². The van der Waals surface area contributed by atoms with Crippen LogP contribution in [0.4, 0.5) is 13.2 Å². The highest BCUT2D eigenvalue weighted by molar-refractivity contribution is 5.62. The van der Waals surface area contributed by atoms with Gasteiger partial charge >= 0.3 is 12.0 Å². The summed E-state index contributed by atoms with van der Waals surface area (Å²) in [6.07, 6.45) is -3.93. The minimum atomic E-state index is -4.77. The summed E-state index contributed by atoms with van der Waals surface area (Å²) in [6.45, 7) is 1.88. The van der Waals surface area contributed by atoms with E-state index in [2.05, 4.69) is 0 Å². The zero-order valence-electron chi connectivity index (χ0n) is 12.2. The summed E-state index contributed by atoms with van der Waals surface area (Å²) < 4.78 is 40.1. The van der Waals surface area contributed by atoms with Crippen LogP contribution in [0.2, 0.25) is 0 Å². The first-order valence-corrected chi connectivity index (χ1v) is 6.92. The van der Waals surface area contributed by atoms with E-state index in [-0.39, 0.29) is 10.3 Å². The maximum atomic E-state index is 13.1. The van der Waals surface area contributed by atoms with Gasteiger partial charge < -0.3 is 0 Å². The summed E-state index contributed by atoms with van der Waals surface area (Å²) in [5, 5.41) is 0. The number of nitrogens with zero attached hydrogens (tertiary/aromatic N) is 2. The fourth-order valence-electron chi connectivity index (χ4n) is 2.38. The van der Waals surface area contributed by atoms with Gasteiger partial charge in [0, 0.05) is 11.8 Å². The minimum Gasteiger partial charge on any atom is -0.260 e. The Morgan fingerprint density at radius 1 is 0.913 bits per heavy atom. The first kappa shape index (κ1) is 15.1. The number of hydrogen-bond donors (Lipinski definition) is 0. The molecule has 0 aliphatic heterocycles. The van der Waals surface area contributed by atoms with Crippen molar-refractivity contribution in [2.24, 2.45) is 0 Å². The molecule has 23 heavy (non-hydrogen) atoms. The van der Waals surface area contributed by atoms with E-state index >= 15 is 0 Å². The maximum absolute atomic E-state index is 13.1. The molecule has 0 saturated heterocycles. The fourth-order valence-corrected chi connectivity index (χ4v) is 2.38. The molecule has 0 saturated carbocycles. The number of aryl methyl sites for hydroxylation is 1. The van der Waals surface area contributed by atoms with Crippen LogP contribution in [0.5, 0.6) is 0 Å². The van der Waals surface area contributed by atoms with Crippen LogP contribution in [0.3, 0.4) is 0 Å². The van der Waals surface area contributed by atoms with E-state index in [4.69, 9.17) is 0 Å². The number of rotatable bonds is 2. The molecule has 3 aromatic rings. The van der Waals surface area contributed by atoms with Gasteiger partial charge in [0.05, 0.1) is 11.4 Å². The third kappa shape index (κ3) is 2.79. The van der Waals surface area contributed by atoms with Crippen molar-refractivity contribution in [3.05, 3.63) is 76.8 Å². The van der Waals surface area contributed by atoms with Gasteiger partial charge in [0.15, 0.2) is 0 Å². The van der Waals surface area contributed by atoms with E-state index in [1.54, 1.807) is 54.6 Å². The van der Waals surface area contributed by atoms with Gasteiger partial charge in [-0.05, 0) is 19.1 Å². The second-order valence-corrected chi connectivity index (χ2v) is 5.17. The summed E-state index contributed by atoms with van der Waals surface area (Å²) in [4.78, 5) is 12.3. The Balaban J connectivity index is 2.30. The monoisotopic (exact) mass is 318 g/mol. The molecule has 0 amide bonds. The van der Waals surface area contributed by atoms with Crippen molar-refractivity contribution in [2.75, 3.05) is 0 Å². The molecule has 0 atom stereocenters. The summed E-state index contributed by atoms with van der Waals surface area (Å²) in [6, 6.07) is 15.3. The van der Waals surface area contributed by atoms with Gasteiger partial charge in [-0.25, -0.2) is 9.36 Å². The minimum absolute atomic E-state index is 0.193. The molecule has 1 aromatic heterocycles. The van der Waals surface area contributed by atoms with Crippen molar-refractivity contribution in [3.63, 3.8) is 0 Å². The number of para-hydroxylation sites is 1. The molecule has 0 radical (unpaired) electrons. The molecule has 2 aromatic carbocycles. The normalized spacial score (nSPS) is 11.7. The topological polar surface area (TPSA) is 26.9 Å². The molecule has 0 bridgehead atoms. The number of aromatic nitrogens is 2. The van der Waals surface area contributed by atoms with Crippen LogP contribution in [0.1, 0.15) is 5.56 Å². The smallest absolute Gasteiger partial charge is 0.260 e. The van der Waals surface area contributed by atoms with Crippen LogP contribution in [-0.2, 0) is 6.30 Å². The van der Waals surface area contributed by atoms with Gasteiger partial charge in [-0.2, -0.15) is 0 Å². The van der Waals surface area contributed by atoms with Crippen LogP contribution in [0.15, 0.2) is 65.6 Å². The lowest BCUT2D eigenvalue weighted by molar-refractivity contribution is -0.206. The molecule has 6 heteroatoms. The summed E-state index contributed by atoms with van der Waals surface area (Å²) in [5.41, 5.74) is 0.964. The predicted octanol–water partition coefficient (Wildman–Crippen LogP) is 4.09. The third-order valence-electron chi connectivity index (χ3n) is 3.52. The first-order valence-electron chi connectivity index (χ1n) is 6.92. The summed E-state index contributed by atoms with van der Waals surface area (Å²) >= 11 is 0. The highest BCUT2D eigenvalue weighted by Crippen LogP contribution is 2.27. The van der Waals surface area contributed by atoms with Crippen LogP contribution in [-0.4, -0.2) is 9.13 Å². The van der Waals surface area contributed by atoms with Gasteiger partial charge in [-0.15, -0.1) is 13.2 Å². The lowest BCUT2D eigenvalue weighted by atomic mass is 10.1. The van der Waals surface area contributed by atoms with Gasteiger partial charge in [0.1, 0.15) is 0 Å². The number of benzene rings is 2. The van der Waals surface area contributed by atoms with E-state index in [1.165, 1.54) is 0 Å². The molecular formula is C17H13F3N2O. The van der Waals surface area contributed by atoms with Crippen LogP contribution >= 0.6 is 0 Å². The van der Waals surface area contributed by atoms with Crippen molar-refractivity contribution in [1.82, 2.24) is 9.13 Å². The highest BCUT2D eigenvalue weighted by atomic mass is 19.4. The molecule has 0 unspecified atom stereocenters. The quantitative estimate of drug-likeness (QED) is 0.699. The molecule has 118 valence electrons. The zero-order chi connectivity index (χ0) is 16.6. The maximum Gasteiger partial charge on any atom is 0.492 e. The lowest BCUT2D eigenvalue weighted by Crippen LogP contribution is -2.31. The van der Waals surface area contributed by atoms with Crippen LogP contribution in [0, 0.1) is 6.92 Å². The first-order chi connectivity index (χ1) is 10.9. The molecule has 1 heterocycles. The largest absolute Gasteiger partial charge is 0.492 e. The van der Waals surface area contributed by atoms with E-state index in [1.807, 2.05) is 6.92 Å². The van der Waals surface area contributed by atoms with Crippen molar-refractivity contribution < 1.29 is 13.2 Å². The third-order valence-corrected chi connectivity index (χ3v) is 3.52. The molecule has 0 fully saturated rings. The van der Waals surface area contributed by atoms with Crippen molar-refractivity contribution >= 4 is 0 Å². The second-order valence-electron chi connectivity index (χ2n) is 5.17. The van der Waals surface area contributed by atoms with E-state index in [0.717, 1.165) is 16.3 Å². The number of hydrogen-bond acceptors (Lipinski definition) is 1. The Kier molecular flexibility index (Phi) is 3.60. The van der Waals surface area contributed by atoms with Gasteiger partial charge in [-0.1, -0.05) is 48.0 Å². The number of halogens is 3. The number of alkyl halides is 3. The molecule has 0 spiro atoms. The van der Waals surface area contributed by atoms with Crippen LogP contribution < -0.4 is 5.69 Å². The van der Waals surface area contributed by atoms with Crippen molar-refractivity contribution in [1.29, 1.82) is 0 Å². The molecule has 3 nitrogen and oxygen atoms in total. The Bertz CT molecular complexity index is 875. The summed E-state index contributed by atoms with van der Waals surface area (Å²) in [7, 11) is 0. The summed E-state index contributed by atoms with van der Waals surface area (Å²) in [5.74, 6) is 0. The van der Waals surface area contributed by atoms with Gasteiger partial charge in [0.2, 0.25) is 0 Å². The predicted molar refractivity (Wildman–Crippen MR) is 81.5 cm³/mol. The van der Waals surface area contributed by atoms with Crippen molar-refractivity contribution in [3.8, 4) is 16.9 Å². The molecule has 0 aliphatic carbocycles.